The zero-order valence-electron chi connectivity index (χ0n) is 12.4. The molecule has 0 bridgehead atoms. The van der Waals surface area contributed by atoms with E-state index in [2.05, 4.69) is 16.9 Å². The number of alkyl halides is 3. The molecule has 0 saturated carbocycles. The van der Waals surface area contributed by atoms with Crippen LogP contribution in [0.25, 0.3) is 0 Å². The average molecular weight is 333 g/mol. The van der Waals surface area contributed by atoms with Gasteiger partial charge in [-0.15, -0.1) is 0 Å². The van der Waals surface area contributed by atoms with Crippen LogP contribution in [0.2, 0.25) is 0 Å². The van der Waals surface area contributed by atoms with Gasteiger partial charge in [-0.05, 0) is 31.7 Å². The lowest BCUT2D eigenvalue weighted by Crippen LogP contribution is -2.41. The van der Waals surface area contributed by atoms with Crippen molar-refractivity contribution in [2.75, 3.05) is 13.1 Å². The van der Waals surface area contributed by atoms with Crippen LogP contribution in [0.3, 0.4) is 0 Å². The number of likely N-dealkylation sites (tertiary alicyclic amines) is 1. The molecule has 0 aliphatic carbocycles. The zero-order chi connectivity index (χ0) is 16.3. The first-order chi connectivity index (χ1) is 10.3. The molecule has 2 rings (SSSR count). The number of hydrogen-bond donors (Lipinski definition) is 0. The van der Waals surface area contributed by atoms with Gasteiger partial charge in [0.25, 0.3) is 0 Å². The smallest absolute Gasteiger partial charge is 0.342 e. The number of carbonyl (C=O) groups excluding carboxylic acids is 1. The Morgan fingerprint density at radius 3 is 2.64 bits per heavy atom. The first-order valence-corrected chi connectivity index (χ1v) is 8.01. The van der Waals surface area contributed by atoms with E-state index in [1.54, 1.807) is 11.8 Å². The van der Waals surface area contributed by atoms with E-state index in [-0.39, 0.29) is 11.1 Å². The molecule has 4 nitrogen and oxygen atoms in total. The minimum Gasteiger partial charge on any atom is -0.342 e. The fourth-order valence-electron chi connectivity index (χ4n) is 2.25. The summed E-state index contributed by atoms with van der Waals surface area (Å²) in [5.74, 6) is 0.539. The zero-order valence-corrected chi connectivity index (χ0v) is 13.2. The molecule has 2 heterocycles. The van der Waals surface area contributed by atoms with Crippen LogP contribution in [0.15, 0.2) is 17.4 Å². The van der Waals surface area contributed by atoms with Gasteiger partial charge in [-0.2, -0.15) is 13.2 Å². The second-order valence-corrected chi connectivity index (χ2v) is 6.80. The molecule has 122 valence electrons. The van der Waals surface area contributed by atoms with Crippen LogP contribution in [-0.2, 0) is 11.0 Å². The largest absolute Gasteiger partial charge is 0.433 e. The maximum absolute atomic E-state index is 12.6. The first kappa shape index (κ1) is 17.1. The topological polar surface area (TPSA) is 46.1 Å². The molecule has 0 radical (unpaired) electrons. The van der Waals surface area contributed by atoms with Gasteiger partial charge < -0.3 is 4.90 Å². The molecular formula is C14H18F3N3OS. The summed E-state index contributed by atoms with van der Waals surface area (Å²) < 4.78 is 37.8. The van der Waals surface area contributed by atoms with Crippen molar-refractivity contribution in [3.63, 3.8) is 0 Å². The maximum atomic E-state index is 12.6. The van der Waals surface area contributed by atoms with Crippen LogP contribution >= 0.6 is 11.8 Å². The molecule has 1 saturated heterocycles. The predicted molar refractivity (Wildman–Crippen MR) is 77.3 cm³/mol. The van der Waals surface area contributed by atoms with Crippen molar-refractivity contribution in [3.8, 4) is 0 Å². The quantitative estimate of drug-likeness (QED) is 0.629. The summed E-state index contributed by atoms with van der Waals surface area (Å²) in [5, 5.41) is -0.530. The molecule has 1 aliphatic rings. The minimum atomic E-state index is -4.51. The predicted octanol–water partition coefficient (Wildman–Crippen LogP) is 3.23. The van der Waals surface area contributed by atoms with Crippen molar-refractivity contribution in [2.24, 2.45) is 5.92 Å². The van der Waals surface area contributed by atoms with E-state index in [0.29, 0.717) is 19.0 Å². The standard InChI is InChI=1S/C14H18F3N3OS/c1-9-4-7-20(8-5-9)12(21)10(2)22-13-18-6-3-11(19-13)14(15,16)17/h3,6,9-10H,4-5,7-8H2,1-2H3. The van der Waals surface area contributed by atoms with Gasteiger partial charge in [-0.1, -0.05) is 18.7 Å². The highest BCUT2D eigenvalue weighted by Gasteiger charge is 2.33. The number of hydrogen-bond acceptors (Lipinski definition) is 4. The fraction of sp³-hybridized carbons (Fsp3) is 0.643. The van der Waals surface area contributed by atoms with Crippen LogP contribution in [0.4, 0.5) is 13.2 Å². The second-order valence-electron chi connectivity index (χ2n) is 5.49. The summed E-state index contributed by atoms with van der Waals surface area (Å²) in [6.07, 6.45) is -1.52. The molecular weight excluding hydrogens is 315 g/mol. The molecule has 1 amide bonds. The highest BCUT2D eigenvalue weighted by molar-refractivity contribution is 8.00. The van der Waals surface area contributed by atoms with E-state index < -0.39 is 17.1 Å². The summed E-state index contributed by atoms with van der Waals surface area (Å²) in [4.78, 5) is 21.4. The maximum Gasteiger partial charge on any atom is 0.433 e. The lowest BCUT2D eigenvalue weighted by atomic mass is 9.99. The highest BCUT2D eigenvalue weighted by atomic mass is 32.2. The number of carbonyl (C=O) groups is 1. The molecule has 0 spiro atoms. The number of rotatable bonds is 3. The van der Waals surface area contributed by atoms with Gasteiger partial charge in [0, 0.05) is 19.3 Å². The number of halogens is 3. The van der Waals surface area contributed by atoms with Crippen LogP contribution in [0.1, 0.15) is 32.4 Å². The summed E-state index contributed by atoms with van der Waals surface area (Å²) in [6, 6.07) is 0.822. The molecule has 0 N–H and O–H groups in total. The summed E-state index contributed by atoms with van der Waals surface area (Å²) >= 11 is 0.963. The molecule has 1 fully saturated rings. The van der Waals surface area contributed by atoms with Crippen molar-refractivity contribution < 1.29 is 18.0 Å². The van der Waals surface area contributed by atoms with E-state index in [0.717, 1.165) is 36.9 Å². The molecule has 1 aromatic heterocycles. The van der Waals surface area contributed by atoms with E-state index in [1.807, 2.05) is 0 Å². The Morgan fingerprint density at radius 2 is 2.05 bits per heavy atom. The van der Waals surface area contributed by atoms with E-state index in [9.17, 15) is 18.0 Å². The Bertz CT molecular complexity index is 530. The highest BCUT2D eigenvalue weighted by Crippen LogP contribution is 2.29. The van der Waals surface area contributed by atoms with Crippen LogP contribution < -0.4 is 0 Å². The number of nitrogens with zero attached hydrogens (tertiary/aromatic N) is 3. The van der Waals surface area contributed by atoms with Crippen molar-refractivity contribution in [3.05, 3.63) is 18.0 Å². The van der Waals surface area contributed by atoms with Crippen LogP contribution in [0.5, 0.6) is 0 Å². The first-order valence-electron chi connectivity index (χ1n) is 7.13. The molecule has 1 aromatic rings. The molecule has 1 atom stereocenters. The minimum absolute atomic E-state index is 0.0268. The summed E-state index contributed by atoms with van der Waals surface area (Å²) in [7, 11) is 0. The van der Waals surface area contributed by atoms with E-state index in [1.165, 1.54) is 0 Å². The van der Waals surface area contributed by atoms with Crippen molar-refractivity contribution in [2.45, 2.75) is 43.3 Å². The van der Waals surface area contributed by atoms with Gasteiger partial charge in [-0.25, -0.2) is 9.97 Å². The number of amides is 1. The molecule has 0 aromatic carbocycles. The fourth-order valence-corrected chi connectivity index (χ4v) is 3.09. The molecule has 1 unspecified atom stereocenters. The van der Waals surface area contributed by atoms with E-state index >= 15 is 0 Å². The van der Waals surface area contributed by atoms with Gasteiger partial charge >= 0.3 is 6.18 Å². The number of aromatic nitrogens is 2. The lowest BCUT2D eigenvalue weighted by molar-refractivity contribution is -0.141. The normalized spacial score (nSPS) is 18.3. The van der Waals surface area contributed by atoms with Gasteiger partial charge in [0.2, 0.25) is 5.91 Å². The third-order valence-electron chi connectivity index (χ3n) is 3.65. The lowest BCUT2D eigenvalue weighted by Gasteiger charge is -2.31. The molecule has 22 heavy (non-hydrogen) atoms. The third-order valence-corrected chi connectivity index (χ3v) is 4.61. The van der Waals surface area contributed by atoms with Crippen molar-refractivity contribution in [1.82, 2.24) is 14.9 Å². The Hall–Kier alpha value is -1.31. The monoisotopic (exact) mass is 333 g/mol. The summed E-state index contributed by atoms with van der Waals surface area (Å²) in [5.41, 5.74) is -0.989. The molecule has 8 heteroatoms. The Morgan fingerprint density at radius 1 is 1.41 bits per heavy atom. The van der Waals surface area contributed by atoms with Crippen molar-refractivity contribution in [1.29, 1.82) is 0 Å². The van der Waals surface area contributed by atoms with Crippen LogP contribution in [0, 0.1) is 5.92 Å². The van der Waals surface area contributed by atoms with Crippen LogP contribution in [-0.4, -0.2) is 39.1 Å². The van der Waals surface area contributed by atoms with Crippen molar-refractivity contribution >= 4 is 17.7 Å². The number of piperidine rings is 1. The van der Waals surface area contributed by atoms with Gasteiger partial charge in [0.05, 0.1) is 5.25 Å². The van der Waals surface area contributed by atoms with Gasteiger partial charge in [0.1, 0.15) is 5.69 Å². The summed E-state index contributed by atoms with van der Waals surface area (Å²) in [6.45, 7) is 5.23. The Balaban J connectivity index is 1.99. The Labute approximate surface area is 131 Å². The molecule has 1 aliphatic heterocycles. The number of thioether (sulfide) groups is 1. The van der Waals surface area contributed by atoms with Gasteiger partial charge in [0.15, 0.2) is 5.16 Å². The Kier molecular flexibility index (Phi) is 5.31. The average Bonchev–Trinajstić information content (AvgIpc) is 2.46. The van der Waals surface area contributed by atoms with Gasteiger partial charge in [-0.3, -0.25) is 4.79 Å². The SMILES string of the molecule is CC1CCN(C(=O)C(C)Sc2nccc(C(F)(F)F)n2)CC1. The third kappa shape index (κ3) is 4.34. The van der Waals surface area contributed by atoms with E-state index in [4.69, 9.17) is 0 Å². The second kappa shape index (κ2) is 6.85.